The summed E-state index contributed by atoms with van der Waals surface area (Å²) in [5.74, 6) is 0.595. The van der Waals surface area contributed by atoms with E-state index in [1.54, 1.807) is 6.20 Å². The Balaban J connectivity index is 1.35. The predicted molar refractivity (Wildman–Crippen MR) is 103 cm³/mol. The normalized spacial score (nSPS) is 28.7. The Morgan fingerprint density at radius 2 is 1.96 bits per heavy atom. The summed E-state index contributed by atoms with van der Waals surface area (Å²) in [4.78, 5) is 2.61. The van der Waals surface area contributed by atoms with Crippen molar-refractivity contribution in [2.24, 2.45) is 5.92 Å². The molecule has 8 heteroatoms. The van der Waals surface area contributed by atoms with E-state index >= 15 is 0 Å². The molecule has 1 saturated carbocycles. The highest BCUT2D eigenvalue weighted by Crippen LogP contribution is 2.39. The molecular weight excluding hydrogens is 346 g/mol. The number of hydrogen-bond acceptors (Lipinski definition) is 5. The van der Waals surface area contributed by atoms with Crippen molar-refractivity contribution in [1.29, 1.82) is 0 Å². The molecule has 2 aliphatic heterocycles. The van der Waals surface area contributed by atoms with Gasteiger partial charge in [-0.2, -0.15) is 0 Å². The first-order valence-electron chi connectivity index (χ1n) is 10.1. The molecule has 27 heavy (non-hydrogen) atoms. The molecule has 3 heterocycles. The smallest absolute Gasteiger partial charge is 0.398 e. The van der Waals surface area contributed by atoms with E-state index in [-0.39, 0.29) is 0 Å². The molecule has 2 saturated heterocycles. The average molecular weight is 376 g/mol. The van der Waals surface area contributed by atoms with Crippen LogP contribution in [0.1, 0.15) is 59.1 Å². The van der Waals surface area contributed by atoms with Crippen molar-refractivity contribution in [3.05, 3.63) is 17.6 Å². The fourth-order valence-electron chi connectivity index (χ4n) is 3.99. The van der Waals surface area contributed by atoms with Crippen LogP contribution in [0.2, 0.25) is 0 Å². The highest BCUT2D eigenvalue weighted by Gasteiger charge is 2.53. The predicted octanol–water partition coefficient (Wildman–Crippen LogP) is 3.09. The van der Waals surface area contributed by atoms with Crippen molar-refractivity contribution >= 4 is 13.2 Å². The lowest BCUT2D eigenvalue weighted by Crippen LogP contribution is -2.41. The van der Waals surface area contributed by atoms with Gasteiger partial charge in [-0.05, 0) is 65.5 Å². The Morgan fingerprint density at radius 1 is 1.26 bits per heavy atom. The van der Waals surface area contributed by atoms with Gasteiger partial charge < -0.3 is 14.2 Å². The number of halogens is 1. The van der Waals surface area contributed by atoms with E-state index in [2.05, 4.69) is 15.2 Å². The van der Waals surface area contributed by atoms with Gasteiger partial charge in [0.2, 0.25) is 0 Å². The summed E-state index contributed by atoms with van der Waals surface area (Å²) in [7, 11) is -0.994. The van der Waals surface area contributed by atoms with Crippen LogP contribution in [0.5, 0.6) is 0 Å². The van der Waals surface area contributed by atoms with E-state index in [1.165, 1.54) is 38.3 Å². The minimum absolute atomic E-state index is 0.474. The molecule has 1 aromatic rings. The molecule has 148 valence electrons. The zero-order valence-corrected chi connectivity index (χ0v) is 16.8. The van der Waals surface area contributed by atoms with Crippen molar-refractivity contribution in [3.63, 3.8) is 0 Å². The van der Waals surface area contributed by atoms with Crippen molar-refractivity contribution in [3.8, 4) is 0 Å². The molecule has 3 aliphatic rings. The summed E-state index contributed by atoms with van der Waals surface area (Å²) < 4.78 is 27.9. The Morgan fingerprint density at radius 3 is 2.59 bits per heavy atom. The molecule has 1 atom stereocenters. The van der Waals surface area contributed by atoms with Gasteiger partial charge in [-0.25, -0.2) is 4.39 Å². The van der Waals surface area contributed by atoms with Gasteiger partial charge in [0.15, 0.2) is 0 Å². The lowest BCUT2D eigenvalue weighted by Gasteiger charge is -2.34. The Kier molecular flexibility index (Phi) is 4.93. The largest absolute Gasteiger partial charge is 0.525 e. The van der Waals surface area contributed by atoms with E-state index in [4.69, 9.17) is 9.31 Å². The summed E-state index contributed by atoms with van der Waals surface area (Å²) in [5, 5.41) is 8.27. The molecule has 0 N–H and O–H groups in total. The molecule has 0 aromatic carbocycles. The number of rotatable bonds is 5. The Hall–Kier alpha value is -1.25. The first-order valence-corrected chi connectivity index (χ1v) is 10.1. The van der Waals surface area contributed by atoms with E-state index < -0.39 is 24.0 Å². The van der Waals surface area contributed by atoms with Crippen LogP contribution in [-0.4, -0.2) is 57.3 Å². The summed E-state index contributed by atoms with van der Waals surface area (Å²) in [6, 6.07) is 0.804. The topological polar surface area (TPSA) is 52.4 Å². The molecule has 0 spiro atoms. The molecule has 3 fully saturated rings. The number of nitrogens with zero attached hydrogens (tertiary/aromatic N) is 4. The third-order valence-electron chi connectivity index (χ3n) is 6.67. The molecule has 0 bridgehead atoms. The van der Waals surface area contributed by atoms with Gasteiger partial charge >= 0.3 is 7.12 Å². The van der Waals surface area contributed by atoms with Crippen LogP contribution in [0.25, 0.3) is 6.08 Å². The van der Waals surface area contributed by atoms with Gasteiger partial charge in [0, 0.05) is 19.1 Å². The van der Waals surface area contributed by atoms with Gasteiger partial charge in [-0.3, -0.25) is 4.68 Å². The molecule has 4 rings (SSSR count). The van der Waals surface area contributed by atoms with Crippen LogP contribution in [0.3, 0.4) is 0 Å². The SMILES string of the molecule is CC1(C)OB(C(F)=Cc2cn(CC3CCN(C4CCC4)C3)nn2)OC1(C)C. The molecule has 6 nitrogen and oxygen atoms in total. The van der Waals surface area contributed by atoms with Crippen LogP contribution in [0.4, 0.5) is 4.39 Å². The number of hydrogen-bond donors (Lipinski definition) is 0. The highest BCUT2D eigenvalue weighted by atomic mass is 19.1. The van der Waals surface area contributed by atoms with Crippen molar-refractivity contribution in [1.82, 2.24) is 19.9 Å². The van der Waals surface area contributed by atoms with Crippen LogP contribution in [0, 0.1) is 5.92 Å². The maximum atomic E-state index is 14.6. The third-order valence-corrected chi connectivity index (χ3v) is 6.67. The Labute approximate surface area is 161 Å². The zero-order valence-electron chi connectivity index (χ0n) is 16.8. The molecule has 1 aromatic heterocycles. The fourth-order valence-corrected chi connectivity index (χ4v) is 3.99. The zero-order chi connectivity index (χ0) is 19.2. The van der Waals surface area contributed by atoms with Gasteiger partial charge in [0.1, 0.15) is 11.4 Å². The molecular formula is C19H30BFN4O2. The van der Waals surface area contributed by atoms with Gasteiger partial charge in [-0.1, -0.05) is 11.6 Å². The Bertz CT molecular complexity index is 700. The second-order valence-electron chi connectivity index (χ2n) is 9.22. The van der Waals surface area contributed by atoms with Gasteiger partial charge in [-0.15, -0.1) is 5.10 Å². The molecule has 0 amide bonds. The first-order chi connectivity index (χ1) is 12.7. The maximum Gasteiger partial charge on any atom is 0.525 e. The quantitative estimate of drug-likeness (QED) is 0.740. The van der Waals surface area contributed by atoms with Crippen molar-refractivity contribution in [2.45, 2.75) is 77.2 Å². The molecule has 1 unspecified atom stereocenters. The minimum Gasteiger partial charge on any atom is -0.398 e. The second-order valence-corrected chi connectivity index (χ2v) is 9.22. The second kappa shape index (κ2) is 6.97. The fraction of sp³-hybridized carbons (Fsp3) is 0.789. The minimum atomic E-state index is -0.994. The van der Waals surface area contributed by atoms with E-state index in [9.17, 15) is 4.39 Å². The summed E-state index contributed by atoms with van der Waals surface area (Å²) in [5.41, 5.74) is -1.10. The summed E-state index contributed by atoms with van der Waals surface area (Å²) in [6.07, 6.45) is 8.44. The highest BCUT2D eigenvalue weighted by molar-refractivity contribution is 6.54. The monoisotopic (exact) mass is 376 g/mol. The summed E-state index contributed by atoms with van der Waals surface area (Å²) >= 11 is 0. The van der Waals surface area contributed by atoms with Gasteiger partial charge in [0.25, 0.3) is 0 Å². The van der Waals surface area contributed by atoms with Crippen molar-refractivity contribution < 1.29 is 13.7 Å². The number of aromatic nitrogens is 3. The van der Waals surface area contributed by atoms with Crippen LogP contribution in [0.15, 0.2) is 11.9 Å². The maximum absolute atomic E-state index is 14.6. The van der Waals surface area contributed by atoms with Crippen LogP contribution >= 0.6 is 0 Å². The van der Waals surface area contributed by atoms with E-state index in [0.717, 1.165) is 19.1 Å². The molecule has 1 aliphatic carbocycles. The average Bonchev–Trinajstić information content (AvgIpc) is 3.19. The van der Waals surface area contributed by atoms with Gasteiger partial charge in [0.05, 0.1) is 17.4 Å². The van der Waals surface area contributed by atoms with Crippen molar-refractivity contribution in [2.75, 3.05) is 13.1 Å². The number of likely N-dealkylation sites (tertiary alicyclic amines) is 1. The summed E-state index contributed by atoms with van der Waals surface area (Å²) in [6.45, 7) is 10.8. The van der Waals surface area contributed by atoms with E-state index in [1.807, 2.05) is 32.4 Å². The lowest BCUT2D eigenvalue weighted by molar-refractivity contribution is 0.00578. The van der Waals surface area contributed by atoms with E-state index in [0.29, 0.717) is 11.6 Å². The molecule has 0 radical (unpaired) electrons. The standard InChI is InChI=1S/C19H30BFN4O2/c1-18(2)19(3,4)27-20(26-18)17(21)10-15-13-25(23-22-15)12-14-8-9-24(11-14)16-6-5-7-16/h10,13-14,16H,5-9,11-12H2,1-4H3. The first kappa shape index (κ1) is 19.1. The van der Waals surface area contributed by atoms with Crippen LogP contribution < -0.4 is 0 Å². The third kappa shape index (κ3) is 3.84. The van der Waals surface area contributed by atoms with Crippen LogP contribution in [-0.2, 0) is 15.9 Å². The lowest BCUT2D eigenvalue weighted by atomic mass is 9.87.